The molecule has 2 rings (SSSR count). The van der Waals surface area contributed by atoms with Gasteiger partial charge in [0.15, 0.2) is 4.34 Å². The highest BCUT2D eigenvalue weighted by molar-refractivity contribution is 8.01. The van der Waals surface area contributed by atoms with Crippen LogP contribution in [0.25, 0.3) is 0 Å². The van der Waals surface area contributed by atoms with Crippen LogP contribution in [-0.4, -0.2) is 44.4 Å². The van der Waals surface area contributed by atoms with E-state index in [1.807, 2.05) is 0 Å². The van der Waals surface area contributed by atoms with Crippen molar-refractivity contribution < 1.29 is 14.3 Å². The number of ether oxygens (including phenoxy) is 1. The fourth-order valence-electron chi connectivity index (χ4n) is 1.31. The molecule has 0 unspecified atom stereocenters. The van der Waals surface area contributed by atoms with Gasteiger partial charge in [-0.1, -0.05) is 23.1 Å². The van der Waals surface area contributed by atoms with E-state index in [-0.39, 0.29) is 17.4 Å². The molecule has 0 saturated heterocycles. The first-order valence-electron chi connectivity index (χ1n) is 6.30. The Bertz CT molecular complexity index is 659. The molecule has 2 heterocycles. The molecular weight excluding hydrogens is 326 g/mol. The van der Waals surface area contributed by atoms with Crippen molar-refractivity contribution in [1.82, 2.24) is 20.2 Å². The van der Waals surface area contributed by atoms with Gasteiger partial charge in [0.05, 0.1) is 24.3 Å². The average Bonchev–Trinajstić information content (AvgIpc) is 2.93. The summed E-state index contributed by atoms with van der Waals surface area (Å²) in [5.41, 5.74) is 0.923. The highest BCUT2D eigenvalue weighted by Gasteiger charge is 2.13. The molecule has 2 aromatic heterocycles. The number of nitrogens with one attached hydrogen (secondary N) is 1. The lowest BCUT2D eigenvalue weighted by molar-refractivity contribution is -0.139. The molecular formula is C12H13N5O3S2. The predicted molar refractivity (Wildman–Crippen MR) is 82.0 cm³/mol. The van der Waals surface area contributed by atoms with E-state index in [0.29, 0.717) is 16.1 Å². The zero-order chi connectivity index (χ0) is 15.9. The second kappa shape index (κ2) is 7.80. The zero-order valence-electron chi connectivity index (χ0n) is 11.9. The Morgan fingerprint density at radius 2 is 2.14 bits per heavy atom. The summed E-state index contributed by atoms with van der Waals surface area (Å²) in [4.78, 5) is 31.2. The normalized spacial score (nSPS) is 10.3. The summed E-state index contributed by atoms with van der Waals surface area (Å²) >= 11 is 2.38. The van der Waals surface area contributed by atoms with Crippen molar-refractivity contribution in [1.29, 1.82) is 0 Å². The van der Waals surface area contributed by atoms with E-state index in [0.717, 1.165) is 5.69 Å². The molecule has 0 aliphatic heterocycles. The number of aryl methyl sites for hydroxylation is 1. The van der Waals surface area contributed by atoms with E-state index >= 15 is 0 Å². The summed E-state index contributed by atoms with van der Waals surface area (Å²) in [6, 6.07) is 0. The lowest BCUT2D eigenvalue weighted by atomic mass is 10.4. The van der Waals surface area contributed by atoms with E-state index in [1.165, 1.54) is 35.5 Å². The number of esters is 1. The van der Waals surface area contributed by atoms with E-state index in [9.17, 15) is 9.59 Å². The molecule has 8 nitrogen and oxygen atoms in total. The molecule has 10 heteroatoms. The van der Waals surface area contributed by atoms with Gasteiger partial charge in [0.25, 0.3) is 5.91 Å². The fourth-order valence-corrected chi connectivity index (χ4v) is 2.86. The summed E-state index contributed by atoms with van der Waals surface area (Å²) in [7, 11) is 0. The molecule has 0 saturated carbocycles. The van der Waals surface area contributed by atoms with Crippen LogP contribution in [0.4, 0.5) is 5.13 Å². The minimum atomic E-state index is -0.411. The third-order valence-electron chi connectivity index (χ3n) is 2.26. The van der Waals surface area contributed by atoms with E-state index in [4.69, 9.17) is 4.74 Å². The number of thioether (sulfide) groups is 1. The molecule has 0 aliphatic carbocycles. The second-order valence-corrected chi connectivity index (χ2v) is 6.16. The lowest BCUT2D eigenvalue weighted by Crippen LogP contribution is -2.13. The van der Waals surface area contributed by atoms with Crippen LogP contribution in [0.5, 0.6) is 0 Å². The minimum Gasteiger partial charge on any atom is -0.465 e. The number of anilines is 1. The number of aromatic nitrogens is 4. The Morgan fingerprint density at radius 3 is 2.82 bits per heavy atom. The molecule has 0 bridgehead atoms. The van der Waals surface area contributed by atoms with Crippen LogP contribution in [0.2, 0.25) is 0 Å². The Balaban J connectivity index is 1.90. The summed E-state index contributed by atoms with van der Waals surface area (Å²) < 4.78 is 5.38. The third-order valence-corrected chi connectivity index (χ3v) is 4.20. The highest BCUT2D eigenvalue weighted by atomic mass is 32.2. The van der Waals surface area contributed by atoms with Crippen molar-refractivity contribution in [2.75, 3.05) is 17.7 Å². The van der Waals surface area contributed by atoms with Gasteiger partial charge in [-0.15, -0.1) is 10.2 Å². The van der Waals surface area contributed by atoms with Crippen molar-refractivity contribution in [2.45, 2.75) is 18.2 Å². The smallest absolute Gasteiger partial charge is 0.316 e. The van der Waals surface area contributed by atoms with Gasteiger partial charge in [-0.3, -0.25) is 19.9 Å². The Hall–Kier alpha value is -2.07. The molecule has 0 radical (unpaired) electrons. The number of carbonyl (C=O) groups is 2. The van der Waals surface area contributed by atoms with Gasteiger partial charge >= 0.3 is 5.97 Å². The number of hydrogen-bond acceptors (Lipinski definition) is 9. The number of nitrogens with zero attached hydrogens (tertiary/aromatic N) is 4. The maximum atomic E-state index is 11.9. The number of hydrogen-bond donors (Lipinski definition) is 1. The van der Waals surface area contributed by atoms with Gasteiger partial charge in [0, 0.05) is 6.20 Å². The van der Waals surface area contributed by atoms with Crippen molar-refractivity contribution in [2.24, 2.45) is 0 Å². The first-order chi connectivity index (χ1) is 10.6. The highest BCUT2D eigenvalue weighted by Crippen LogP contribution is 2.25. The Kier molecular flexibility index (Phi) is 5.78. The lowest BCUT2D eigenvalue weighted by Gasteiger charge is -1.99. The zero-order valence-corrected chi connectivity index (χ0v) is 13.5. The molecule has 0 spiro atoms. The first kappa shape index (κ1) is 16.3. The van der Waals surface area contributed by atoms with E-state index < -0.39 is 5.91 Å². The van der Waals surface area contributed by atoms with Gasteiger partial charge in [-0.05, 0) is 13.8 Å². The molecule has 0 fully saturated rings. The molecule has 0 aromatic carbocycles. The van der Waals surface area contributed by atoms with Crippen molar-refractivity contribution in [3.63, 3.8) is 0 Å². The molecule has 1 amide bonds. The van der Waals surface area contributed by atoms with E-state index in [1.54, 1.807) is 13.8 Å². The van der Waals surface area contributed by atoms with Crippen LogP contribution in [0, 0.1) is 6.92 Å². The predicted octanol–water partition coefficient (Wildman–Crippen LogP) is 1.54. The third kappa shape index (κ3) is 4.74. The number of rotatable bonds is 6. The van der Waals surface area contributed by atoms with Crippen LogP contribution in [0.1, 0.15) is 23.1 Å². The van der Waals surface area contributed by atoms with Crippen molar-refractivity contribution >= 4 is 40.1 Å². The largest absolute Gasteiger partial charge is 0.465 e. The maximum absolute atomic E-state index is 11.9. The molecule has 1 N–H and O–H groups in total. The van der Waals surface area contributed by atoms with Crippen molar-refractivity contribution in [3.8, 4) is 0 Å². The molecule has 2 aromatic rings. The van der Waals surface area contributed by atoms with Gasteiger partial charge in [0.2, 0.25) is 5.13 Å². The van der Waals surface area contributed by atoms with Crippen molar-refractivity contribution in [3.05, 3.63) is 23.8 Å². The minimum absolute atomic E-state index is 0.153. The number of amides is 1. The van der Waals surface area contributed by atoms with Gasteiger partial charge in [0.1, 0.15) is 5.69 Å². The Labute approximate surface area is 134 Å². The fraction of sp³-hybridized carbons (Fsp3) is 0.333. The van der Waals surface area contributed by atoms with Crippen LogP contribution in [-0.2, 0) is 9.53 Å². The standard InChI is InChI=1S/C12H13N5O3S2/c1-3-20-9(18)6-21-12-17-16-11(22-12)15-10(19)8-5-13-7(2)4-14-8/h4-5H,3,6H2,1-2H3,(H,15,16,19). The SMILES string of the molecule is CCOC(=O)CSc1nnc(NC(=O)c2cnc(C)cn2)s1. The van der Waals surface area contributed by atoms with Crippen LogP contribution < -0.4 is 5.32 Å². The average molecular weight is 339 g/mol. The van der Waals surface area contributed by atoms with E-state index in [2.05, 4.69) is 25.5 Å². The van der Waals surface area contributed by atoms with Gasteiger partial charge in [-0.25, -0.2) is 4.98 Å². The molecule has 22 heavy (non-hydrogen) atoms. The van der Waals surface area contributed by atoms with Gasteiger partial charge in [-0.2, -0.15) is 0 Å². The Morgan fingerprint density at radius 1 is 1.32 bits per heavy atom. The molecule has 0 atom stereocenters. The van der Waals surface area contributed by atoms with Crippen LogP contribution in [0.15, 0.2) is 16.7 Å². The maximum Gasteiger partial charge on any atom is 0.316 e. The summed E-state index contributed by atoms with van der Waals surface area (Å²) in [6.45, 7) is 3.87. The second-order valence-electron chi connectivity index (χ2n) is 3.96. The summed E-state index contributed by atoms with van der Waals surface area (Å²) in [5, 5.41) is 10.6. The van der Waals surface area contributed by atoms with Crippen LogP contribution in [0.3, 0.4) is 0 Å². The van der Waals surface area contributed by atoms with Crippen LogP contribution >= 0.6 is 23.1 Å². The first-order valence-corrected chi connectivity index (χ1v) is 8.10. The monoisotopic (exact) mass is 339 g/mol. The molecule has 0 aliphatic rings. The molecule has 116 valence electrons. The quantitative estimate of drug-likeness (QED) is 0.480. The number of carbonyl (C=O) groups excluding carboxylic acids is 2. The summed E-state index contributed by atoms with van der Waals surface area (Å²) in [5.74, 6) is -0.575. The topological polar surface area (TPSA) is 107 Å². The van der Waals surface area contributed by atoms with Gasteiger partial charge < -0.3 is 4.74 Å². The summed E-state index contributed by atoms with van der Waals surface area (Å²) in [6.07, 6.45) is 2.90.